The van der Waals surface area contributed by atoms with Crippen molar-refractivity contribution < 1.29 is 13.2 Å². The molecule has 3 heterocycles. The highest BCUT2D eigenvalue weighted by molar-refractivity contribution is 5.56. The number of H-pyrrole nitrogens is 2. The minimum atomic E-state index is -4.58. The topological polar surface area (TPSA) is 96.0 Å². The van der Waals surface area contributed by atoms with Crippen molar-refractivity contribution in [3.63, 3.8) is 0 Å². The Morgan fingerprint density at radius 2 is 1.52 bits per heavy atom. The monoisotopic (exact) mass is 295 g/mol. The van der Waals surface area contributed by atoms with Crippen LogP contribution in [0.4, 0.5) is 13.2 Å². The fourth-order valence-corrected chi connectivity index (χ4v) is 1.64. The summed E-state index contributed by atoms with van der Waals surface area (Å²) in [6.45, 7) is 1.73. The van der Waals surface area contributed by atoms with E-state index in [0.29, 0.717) is 17.3 Å². The van der Waals surface area contributed by atoms with Crippen molar-refractivity contribution in [1.29, 1.82) is 0 Å². The Labute approximate surface area is 115 Å². The second-order valence-corrected chi connectivity index (χ2v) is 4.16. The van der Waals surface area contributed by atoms with Gasteiger partial charge in [0.25, 0.3) is 0 Å². The maximum absolute atomic E-state index is 12.5. The summed E-state index contributed by atoms with van der Waals surface area (Å²) < 4.78 is 37.5. The molecule has 0 radical (unpaired) electrons. The van der Waals surface area contributed by atoms with E-state index in [2.05, 4.69) is 30.2 Å². The van der Waals surface area contributed by atoms with Crippen molar-refractivity contribution in [2.45, 2.75) is 13.1 Å². The number of alkyl halides is 3. The molecule has 3 aromatic rings. The van der Waals surface area contributed by atoms with Gasteiger partial charge in [-0.05, 0) is 19.1 Å². The molecule has 0 aliphatic heterocycles. The van der Waals surface area contributed by atoms with E-state index >= 15 is 0 Å². The largest absolute Gasteiger partial charge is 0.451 e. The van der Waals surface area contributed by atoms with E-state index in [9.17, 15) is 13.2 Å². The number of rotatable bonds is 2. The van der Waals surface area contributed by atoms with Gasteiger partial charge in [-0.1, -0.05) is 6.07 Å². The molecule has 21 heavy (non-hydrogen) atoms. The van der Waals surface area contributed by atoms with Gasteiger partial charge in [0.2, 0.25) is 5.82 Å². The third-order valence-electron chi connectivity index (χ3n) is 2.56. The van der Waals surface area contributed by atoms with Crippen LogP contribution in [-0.2, 0) is 6.18 Å². The Bertz CT molecular complexity index is 774. The molecule has 0 atom stereocenters. The van der Waals surface area contributed by atoms with Gasteiger partial charge in [0.05, 0.1) is 0 Å². The average molecular weight is 295 g/mol. The first-order valence-electron chi connectivity index (χ1n) is 5.80. The summed E-state index contributed by atoms with van der Waals surface area (Å²) in [4.78, 5) is 11.7. The average Bonchev–Trinajstić information content (AvgIpc) is 3.07. The summed E-state index contributed by atoms with van der Waals surface area (Å²) in [7, 11) is 0. The van der Waals surface area contributed by atoms with E-state index < -0.39 is 12.0 Å². The zero-order chi connectivity index (χ0) is 15.0. The van der Waals surface area contributed by atoms with Gasteiger partial charge in [0.15, 0.2) is 11.6 Å². The summed E-state index contributed by atoms with van der Waals surface area (Å²) in [5.74, 6) is -0.356. The van der Waals surface area contributed by atoms with Crippen molar-refractivity contribution >= 4 is 0 Å². The highest BCUT2D eigenvalue weighted by Gasteiger charge is 2.35. The van der Waals surface area contributed by atoms with Gasteiger partial charge in [0, 0.05) is 0 Å². The van der Waals surface area contributed by atoms with Gasteiger partial charge in [-0.2, -0.15) is 23.4 Å². The lowest BCUT2D eigenvalue weighted by molar-refractivity contribution is -0.144. The number of hydrogen-bond acceptors (Lipinski definition) is 5. The number of nitrogens with zero attached hydrogens (tertiary/aromatic N) is 5. The van der Waals surface area contributed by atoms with Crippen LogP contribution in [0.1, 0.15) is 11.6 Å². The minimum absolute atomic E-state index is 0.142. The number of nitrogens with one attached hydrogen (secondary N) is 2. The van der Waals surface area contributed by atoms with Crippen molar-refractivity contribution in [3.05, 3.63) is 29.8 Å². The maximum atomic E-state index is 12.5. The normalized spacial score (nSPS) is 11.8. The van der Waals surface area contributed by atoms with Crippen LogP contribution in [0.5, 0.6) is 0 Å². The van der Waals surface area contributed by atoms with Gasteiger partial charge >= 0.3 is 6.18 Å². The van der Waals surface area contributed by atoms with Gasteiger partial charge < -0.3 is 0 Å². The Morgan fingerprint density at radius 3 is 2.05 bits per heavy atom. The highest BCUT2D eigenvalue weighted by Crippen LogP contribution is 2.27. The molecule has 0 unspecified atom stereocenters. The van der Waals surface area contributed by atoms with Crippen LogP contribution in [0.3, 0.4) is 0 Å². The standard InChI is InChI=1S/C11H8F3N7/c1-5-15-8(19-18-5)6-3-2-4-7(16-6)9-17-10(21-20-9)11(12,13)14/h2-4H,1H3,(H,15,18,19)(H,17,20,21). The zero-order valence-corrected chi connectivity index (χ0v) is 10.6. The third-order valence-corrected chi connectivity index (χ3v) is 2.56. The van der Waals surface area contributed by atoms with E-state index in [1.54, 1.807) is 19.1 Å². The molecule has 0 bridgehead atoms. The van der Waals surface area contributed by atoms with E-state index in [1.807, 2.05) is 5.10 Å². The molecule has 0 fully saturated rings. The molecule has 0 saturated carbocycles. The lowest BCUT2D eigenvalue weighted by Gasteiger charge is -1.99. The SMILES string of the molecule is Cc1nc(-c2cccc(-c3n[nH]c(C(F)(F)F)n3)n2)n[nH]1. The first kappa shape index (κ1) is 13.2. The molecule has 10 heteroatoms. The molecule has 0 aromatic carbocycles. The molecule has 7 nitrogen and oxygen atoms in total. The molecule has 3 rings (SSSR count). The zero-order valence-electron chi connectivity index (χ0n) is 10.6. The van der Waals surface area contributed by atoms with Crippen LogP contribution < -0.4 is 0 Å². The number of pyridine rings is 1. The minimum Gasteiger partial charge on any atom is -0.263 e. The summed E-state index contributed by atoms with van der Waals surface area (Å²) in [6, 6.07) is 4.77. The smallest absolute Gasteiger partial charge is 0.263 e. The summed E-state index contributed by atoms with van der Waals surface area (Å²) >= 11 is 0. The second-order valence-electron chi connectivity index (χ2n) is 4.16. The molecular weight excluding hydrogens is 287 g/mol. The van der Waals surface area contributed by atoms with Crippen LogP contribution >= 0.6 is 0 Å². The number of halogens is 3. The Hall–Kier alpha value is -2.78. The molecule has 108 valence electrons. The number of aryl methyl sites for hydroxylation is 1. The first-order valence-corrected chi connectivity index (χ1v) is 5.80. The van der Waals surface area contributed by atoms with E-state index in [-0.39, 0.29) is 11.5 Å². The van der Waals surface area contributed by atoms with Crippen LogP contribution in [0.15, 0.2) is 18.2 Å². The van der Waals surface area contributed by atoms with Gasteiger partial charge in [-0.25, -0.2) is 15.0 Å². The molecule has 0 amide bonds. The maximum Gasteiger partial charge on any atom is 0.451 e. The summed E-state index contributed by atoms with van der Waals surface area (Å²) in [5, 5.41) is 12.0. The second kappa shape index (κ2) is 4.65. The fourth-order valence-electron chi connectivity index (χ4n) is 1.64. The first-order chi connectivity index (χ1) is 9.93. The summed E-state index contributed by atoms with van der Waals surface area (Å²) in [6.07, 6.45) is -4.58. The van der Waals surface area contributed by atoms with E-state index in [4.69, 9.17) is 0 Å². The van der Waals surface area contributed by atoms with Crippen molar-refractivity contribution in [2.75, 3.05) is 0 Å². The van der Waals surface area contributed by atoms with Crippen LogP contribution in [0.25, 0.3) is 23.0 Å². The van der Waals surface area contributed by atoms with E-state index in [1.165, 1.54) is 6.07 Å². The van der Waals surface area contributed by atoms with Crippen LogP contribution in [0, 0.1) is 6.92 Å². The Kier molecular flexibility index (Phi) is 2.92. The van der Waals surface area contributed by atoms with Crippen LogP contribution in [-0.4, -0.2) is 35.3 Å². The number of aromatic nitrogens is 7. The van der Waals surface area contributed by atoms with Crippen LogP contribution in [0.2, 0.25) is 0 Å². The number of aromatic amines is 2. The fraction of sp³-hybridized carbons (Fsp3) is 0.182. The van der Waals surface area contributed by atoms with Gasteiger partial charge in [-0.3, -0.25) is 10.2 Å². The van der Waals surface area contributed by atoms with Gasteiger partial charge in [-0.15, -0.1) is 0 Å². The van der Waals surface area contributed by atoms with Crippen molar-refractivity contribution in [1.82, 2.24) is 35.3 Å². The predicted molar refractivity (Wildman–Crippen MR) is 64.7 cm³/mol. The van der Waals surface area contributed by atoms with Crippen molar-refractivity contribution in [2.24, 2.45) is 0 Å². The molecule has 0 aliphatic carbocycles. The molecule has 0 saturated heterocycles. The lowest BCUT2D eigenvalue weighted by Crippen LogP contribution is -2.07. The summed E-state index contributed by atoms with van der Waals surface area (Å²) in [5.41, 5.74) is 0.608. The third kappa shape index (κ3) is 2.59. The molecule has 0 aliphatic rings. The molecule has 3 aromatic heterocycles. The Balaban J connectivity index is 1.98. The van der Waals surface area contributed by atoms with Gasteiger partial charge in [0.1, 0.15) is 17.2 Å². The molecule has 0 spiro atoms. The quantitative estimate of drug-likeness (QED) is 0.753. The Morgan fingerprint density at radius 1 is 0.905 bits per heavy atom. The highest BCUT2D eigenvalue weighted by atomic mass is 19.4. The van der Waals surface area contributed by atoms with Crippen molar-refractivity contribution in [3.8, 4) is 23.0 Å². The molecule has 2 N–H and O–H groups in total. The predicted octanol–water partition coefficient (Wildman–Crippen LogP) is 1.98. The number of hydrogen-bond donors (Lipinski definition) is 2. The van der Waals surface area contributed by atoms with E-state index in [0.717, 1.165) is 0 Å². The molecular formula is C11H8F3N7. The lowest BCUT2D eigenvalue weighted by atomic mass is 10.3.